The van der Waals surface area contributed by atoms with Crippen LogP contribution in [-0.4, -0.2) is 55.8 Å². The lowest BCUT2D eigenvalue weighted by atomic mass is 10.1. The van der Waals surface area contributed by atoms with Crippen molar-refractivity contribution in [2.24, 2.45) is 0 Å². The Labute approximate surface area is 118 Å². The van der Waals surface area contributed by atoms with Crippen molar-refractivity contribution in [1.29, 1.82) is 0 Å². The van der Waals surface area contributed by atoms with Crippen LogP contribution in [0, 0.1) is 5.82 Å². The van der Waals surface area contributed by atoms with Crippen LogP contribution in [0.1, 0.15) is 17.3 Å². The van der Waals surface area contributed by atoms with Crippen molar-refractivity contribution < 1.29 is 19.0 Å². The second-order valence-electron chi connectivity index (χ2n) is 5.23. The quantitative estimate of drug-likeness (QED) is 0.814. The Bertz CT molecular complexity index is 475. The van der Waals surface area contributed by atoms with Crippen molar-refractivity contribution in [3.8, 4) is 5.75 Å². The molecule has 0 fully saturated rings. The fourth-order valence-corrected chi connectivity index (χ4v) is 1.99. The zero-order valence-electron chi connectivity index (χ0n) is 12.2. The summed E-state index contributed by atoms with van der Waals surface area (Å²) in [6.45, 7) is 2.00. The van der Waals surface area contributed by atoms with Crippen LogP contribution in [0.25, 0.3) is 0 Å². The summed E-state index contributed by atoms with van der Waals surface area (Å²) in [6, 6.07) is 4.17. The van der Waals surface area contributed by atoms with Crippen LogP contribution < -0.4 is 10.1 Å². The first kappa shape index (κ1) is 16.4. The Balaban J connectivity index is 2.78. The van der Waals surface area contributed by atoms with Gasteiger partial charge in [0.1, 0.15) is 17.1 Å². The zero-order valence-corrected chi connectivity index (χ0v) is 12.2. The van der Waals surface area contributed by atoms with E-state index in [1.165, 1.54) is 25.3 Å². The number of nitrogens with one attached hydrogen (secondary N) is 1. The molecule has 6 heteroatoms. The summed E-state index contributed by atoms with van der Waals surface area (Å²) in [5.74, 6) is -1.11. The topological polar surface area (TPSA) is 61.8 Å². The van der Waals surface area contributed by atoms with Crippen LogP contribution in [0.3, 0.4) is 0 Å². The lowest BCUT2D eigenvalue weighted by Gasteiger charge is -2.27. The van der Waals surface area contributed by atoms with Crippen molar-refractivity contribution in [3.05, 3.63) is 29.6 Å². The van der Waals surface area contributed by atoms with E-state index in [0.29, 0.717) is 6.54 Å². The van der Waals surface area contributed by atoms with Crippen LogP contribution in [0.5, 0.6) is 5.75 Å². The smallest absolute Gasteiger partial charge is 0.258 e. The predicted octanol–water partition coefficient (Wildman–Crippen LogP) is 0.877. The van der Waals surface area contributed by atoms with Gasteiger partial charge in [-0.05, 0) is 33.2 Å². The third-order valence-electron chi connectivity index (χ3n) is 2.71. The van der Waals surface area contributed by atoms with Crippen molar-refractivity contribution in [1.82, 2.24) is 10.2 Å². The number of hydrogen-bond donors (Lipinski definition) is 2. The number of halogens is 1. The minimum Gasteiger partial charge on any atom is -0.496 e. The molecule has 0 spiro atoms. The summed E-state index contributed by atoms with van der Waals surface area (Å²) >= 11 is 0. The number of rotatable bonds is 6. The van der Waals surface area contributed by atoms with Crippen molar-refractivity contribution in [3.63, 3.8) is 0 Å². The van der Waals surface area contributed by atoms with Gasteiger partial charge in [0, 0.05) is 13.1 Å². The second kappa shape index (κ2) is 6.67. The fraction of sp³-hybridized carbons (Fsp3) is 0.500. The first-order valence-electron chi connectivity index (χ1n) is 6.24. The van der Waals surface area contributed by atoms with Crippen molar-refractivity contribution >= 4 is 5.91 Å². The highest BCUT2D eigenvalue weighted by Crippen LogP contribution is 2.21. The molecule has 1 atom stereocenters. The molecule has 1 unspecified atom stereocenters. The van der Waals surface area contributed by atoms with E-state index in [1.807, 2.05) is 14.1 Å². The van der Waals surface area contributed by atoms with E-state index in [0.717, 1.165) is 0 Å². The normalized spacial score (nSPS) is 13.9. The van der Waals surface area contributed by atoms with Gasteiger partial charge >= 0.3 is 0 Å². The largest absolute Gasteiger partial charge is 0.496 e. The molecule has 0 heterocycles. The molecule has 112 valence electrons. The SMILES string of the molecule is COc1cccc(F)c1C(=O)NCC(C)(O)CN(C)C. The number of aliphatic hydroxyl groups is 1. The first-order valence-corrected chi connectivity index (χ1v) is 6.24. The Hall–Kier alpha value is -1.66. The van der Waals surface area contributed by atoms with Gasteiger partial charge in [0.15, 0.2) is 0 Å². The van der Waals surface area contributed by atoms with E-state index >= 15 is 0 Å². The van der Waals surface area contributed by atoms with Gasteiger partial charge in [-0.25, -0.2) is 4.39 Å². The number of ether oxygens (including phenoxy) is 1. The van der Waals surface area contributed by atoms with Gasteiger partial charge in [0.2, 0.25) is 0 Å². The first-order chi connectivity index (χ1) is 9.26. The second-order valence-corrected chi connectivity index (χ2v) is 5.23. The summed E-state index contributed by atoms with van der Waals surface area (Å²) in [5, 5.41) is 12.6. The van der Waals surface area contributed by atoms with Gasteiger partial charge in [-0.3, -0.25) is 4.79 Å². The van der Waals surface area contributed by atoms with E-state index in [1.54, 1.807) is 11.8 Å². The Morgan fingerprint density at radius 2 is 2.15 bits per heavy atom. The molecule has 0 aromatic heterocycles. The molecule has 1 aromatic carbocycles. The number of amides is 1. The standard InChI is InChI=1S/C14H21FN2O3/c1-14(19,9-17(2)3)8-16-13(18)12-10(15)6-5-7-11(12)20-4/h5-7,19H,8-9H2,1-4H3,(H,16,18). The lowest BCUT2D eigenvalue weighted by Crippen LogP contribution is -2.47. The van der Waals surface area contributed by atoms with Crippen LogP contribution in [-0.2, 0) is 0 Å². The molecule has 1 rings (SSSR count). The molecular weight excluding hydrogens is 263 g/mol. The summed E-state index contributed by atoms with van der Waals surface area (Å²) in [7, 11) is 5.00. The van der Waals surface area contributed by atoms with E-state index in [2.05, 4.69) is 5.32 Å². The minimum absolute atomic E-state index is 0.0154. The number of nitrogens with zero attached hydrogens (tertiary/aromatic N) is 1. The molecule has 0 saturated heterocycles. The molecule has 0 aliphatic rings. The van der Waals surface area contributed by atoms with Crippen LogP contribution in [0.15, 0.2) is 18.2 Å². The lowest BCUT2D eigenvalue weighted by molar-refractivity contribution is 0.0324. The van der Waals surface area contributed by atoms with Crippen molar-refractivity contribution in [2.75, 3.05) is 34.3 Å². The maximum atomic E-state index is 13.7. The van der Waals surface area contributed by atoms with E-state index in [4.69, 9.17) is 4.74 Å². The summed E-state index contributed by atoms with van der Waals surface area (Å²) in [4.78, 5) is 13.8. The van der Waals surface area contributed by atoms with E-state index in [-0.39, 0.29) is 17.9 Å². The summed E-state index contributed by atoms with van der Waals surface area (Å²) in [6.07, 6.45) is 0. The number of carbonyl (C=O) groups excluding carboxylic acids is 1. The third kappa shape index (κ3) is 4.47. The van der Waals surface area contributed by atoms with E-state index in [9.17, 15) is 14.3 Å². The highest BCUT2D eigenvalue weighted by molar-refractivity contribution is 5.97. The molecule has 1 amide bonds. The highest BCUT2D eigenvalue weighted by Gasteiger charge is 2.24. The van der Waals surface area contributed by atoms with Gasteiger partial charge in [-0.2, -0.15) is 0 Å². The van der Waals surface area contributed by atoms with Gasteiger partial charge < -0.3 is 20.1 Å². The average Bonchev–Trinajstić information content (AvgIpc) is 2.34. The molecule has 1 aromatic rings. The number of hydrogen-bond acceptors (Lipinski definition) is 4. The maximum absolute atomic E-state index is 13.7. The molecule has 20 heavy (non-hydrogen) atoms. The predicted molar refractivity (Wildman–Crippen MR) is 74.5 cm³/mol. The minimum atomic E-state index is -1.10. The van der Waals surface area contributed by atoms with Gasteiger partial charge in [0.05, 0.1) is 12.7 Å². The number of methoxy groups -OCH3 is 1. The molecule has 0 radical (unpaired) electrons. The van der Waals surface area contributed by atoms with Crippen LogP contribution in [0.4, 0.5) is 4.39 Å². The monoisotopic (exact) mass is 284 g/mol. The molecule has 0 bridgehead atoms. The molecule has 2 N–H and O–H groups in total. The van der Waals surface area contributed by atoms with E-state index < -0.39 is 17.3 Å². The summed E-state index contributed by atoms with van der Waals surface area (Å²) < 4.78 is 18.7. The van der Waals surface area contributed by atoms with Crippen molar-refractivity contribution in [2.45, 2.75) is 12.5 Å². The molecule has 0 saturated carbocycles. The number of likely N-dealkylation sites (N-methyl/N-ethyl adjacent to an activating group) is 1. The Morgan fingerprint density at radius 3 is 2.70 bits per heavy atom. The van der Waals surface area contributed by atoms with Gasteiger partial charge in [0.25, 0.3) is 5.91 Å². The average molecular weight is 284 g/mol. The van der Waals surface area contributed by atoms with Crippen LogP contribution in [0.2, 0.25) is 0 Å². The molecule has 0 aliphatic carbocycles. The van der Waals surface area contributed by atoms with Gasteiger partial charge in [-0.1, -0.05) is 6.07 Å². The Morgan fingerprint density at radius 1 is 1.50 bits per heavy atom. The molecular formula is C14H21FN2O3. The third-order valence-corrected chi connectivity index (χ3v) is 2.71. The van der Waals surface area contributed by atoms with Gasteiger partial charge in [-0.15, -0.1) is 0 Å². The number of benzene rings is 1. The fourth-order valence-electron chi connectivity index (χ4n) is 1.99. The van der Waals surface area contributed by atoms with Crippen LogP contribution >= 0.6 is 0 Å². The molecule has 0 aliphatic heterocycles. The maximum Gasteiger partial charge on any atom is 0.258 e. The summed E-state index contributed by atoms with van der Waals surface area (Å²) in [5.41, 5.74) is -1.26. The Kier molecular flexibility index (Phi) is 5.47. The molecule has 5 nitrogen and oxygen atoms in total. The highest BCUT2D eigenvalue weighted by atomic mass is 19.1. The number of carbonyl (C=O) groups is 1. The zero-order chi connectivity index (χ0) is 15.3.